The van der Waals surface area contributed by atoms with Gasteiger partial charge in [0.25, 0.3) is 0 Å². The Morgan fingerprint density at radius 1 is 1.33 bits per heavy atom. The SMILES string of the molecule is O=C(Cl)N1CCN2CCC[C@H]2C1. The number of hydrogen-bond acceptors (Lipinski definition) is 2. The predicted octanol–water partition coefficient (Wildman–Crippen LogP) is 1.13. The van der Waals surface area contributed by atoms with E-state index in [0.717, 1.165) is 19.6 Å². The van der Waals surface area contributed by atoms with E-state index in [1.54, 1.807) is 4.90 Å². The summed E-state index contributed by atoms with van der Waals surface area (Å²) in [6.07, 6.45) is 2.50. The first-order valence-corrected chi connectivity index (χ1v) is 4.83. The number of carbonyl (C=O) groups excluding carboxylic acids is 1. The Balaban J connectivity index is 1.96. The smallest absolute Gasteiger partial charge is 0.316 e. The Morgan fingerprint density at radius 3 is 2.92 bits per heavy atom. The number of halogens is 1. The van der Waals surface area contributed by atoms with Gasteiger partial charge in [-0.1, -0.05) is 0 Å². The van der Waals surface area contributed by atoms with Gasteiger partial charge < -0.3 is 4.90 Å². The summed E-state index contributed by atoms with van der Waals surface area (Å²) in [7, 11) is 0. The highest BCUT2D eigenvalue weighted by Crippen LogP contribution is 2.21. The highest BCUT2D eigenvalue weighted by Gasteiger charge is 2.31. The van der Waals surface area contributed by atoms with E-state index in [1.165, 1.54) is 19.4 Å². The second kappa shape index (κ2) is 3.23. The summed E-state index contributed by atoms with van der Waals surface area (Å²) in [6.45, 7) is 3.85. The van der Waals surface area contributed by atoms with Gasteiger partial charge in [-0.2, -0.15) is 0 Å². The second-order valence-corrected chi connectivity index (χ2v) is 3.85. The average molecular weight is 189 g/mol. The van der Waals surface area contributed by atoms with E-state index in [-0.39, 0.29) is 5.37 Å². The summed E-state index contributed by atoms with van der Waals surface area (Å²) < 4.78 is 0. The van der Waals surface area contributed by atoms with Crippen molar-refractivity contribution in [2.75, 3.05) is 26.2 Å². The first-order chi connectivity index (χ1) is 5.77. The van der Waals surface area contributed by atoms with E-state index >= 15 is 0 Å². The fourth-order valence-corrected chi connectivity index (χ4v) is 2.30. The molecule has 0 aromatic carbocycles. The molecule has 0 spiro atoms. The van der Waals surface area contributed by atoms with Gasteiger partial charge in [0.1, 0.15) is 0 Å². The van der Waals surface area contributed by atoms with E-state index in [4.69, 9.17) is 11.6 Å². The molecule has 2 fully saturated rings. The van der Waals surface area contributed by atoms with Gasteiger partial charge in [0, 0.05) is 25.7 Å². The zero-order chi connectivity index (χ0) is 8.55. The summed E-state index contributed by atoms with van der Waals surface area (Å²) in [5.74, 6) is 0. The van der Waals surface area contributed by atoms with Crippen LogP contribution in [0, 0.1) is 0 Å². The molecule has 0 unspecified atom stereocenters. The normalized spacial score (nSPS) is 30.4. The summed E-state index contributed by atoms with van der Waals surface area (Å²) in [5, 5.41) is -0.290. The average Bonchev–Trinajstić information content (AvgIpc) is 2.49. The molecule has 0 radical (unpaired) electrons. The number of rotatable bonds is 0. The number of amides is 1. The third-order valence-electron chi connectivity index (χ3n) is 2.84. The van der Waals surface area contributed by atoms with Crippen LogP contribution in [0.2, 0.25) is 0 Å². The van der Waals surface area contributed by atoms with Crippen molar-refractivity contribution >= 4 is 17.0 Å². The van der Waals surface area contributed by atoms with Gasteiger partial charge in [0.15, 0.2) is 0 Å². The minimum atomic E-state index is -0.290. The lowest BCUT2D eigenvalue weighted by Crippen LogP contribution is -2.50. The van der Waals surface area contributed by atoms with Crippen molar-refractivity contribution in [1.82, 2.24) is 9.80 Å². The molecule has 2 aliphatic heterocycles. The molecule has 2 saturated heterocycles. The molecule has 0 aliphatic carbocycles. The van der Waals surface area contributed by atoms with Crippen molar-refractivity contribution in [2.45, 2.75) is 18.9 Å². The van der Waals surface area contributed by atoms with Crippen molar-refractivity contribution in [3.8, 4) is 0 Å². The third-order valence-corrected chi connectivity index (χ3v) is 3.08. The van der Waals surface area contributed by atoms with Crippen molar-refractivity contribution < 1.29 is 4.79 Å². The fourth-order valence-electron chi connectivity index (χ4n) is 2.15. The van der Waals surface area contributed by atoms with Crippen LogP contribution in [-0.2, 0) is 0 Å². The highest BCUT2D eigenvalue weighted by atomic mass is 35.5. The molecular formula is C8H13ClN2O. The van der Waals surface area contributed by atoms with Gasteiger partial charge >= 0.3 is 5.37 Å². The molecule has 2 aliphatic rings. The monoisotopic (exact) mass is 188 g/mol. The van der Waals surface area contributed by atoms with Gasteiger partial charge in [0.2, 0.25) is 0 Å². The number of carbonyl (C=O) groups is 1. The van der Waals surface area contributed by atoms with Crippen LogP contribution in [0.5, 0.6) is 0 Å². The predicted molar refractivity (Wildman–Crippen MR) is 47.4 cm³/mol. The van der Waals surface area contributed by atoms with Crippen molar-refractivity contribution in [3.05, 3.63) is 0 Å². The Bertz CT molecular complexity index is 197. The van der Waals surface area contributed by atoms with Gasteiger partial charge in [0.05, 0.1) is 0 Å². The third kappa shape index (κ3) is 1.43. The Kier molecular flexibility index (Phi) is 2.24. The molecule has 2 heterocycles. The standard InChI is InChI=1S/C8H13ClN2O/c9-8(12)11-5-4-10-3-1-2-7(10)6-11/h7H,1-6H2/t7-/m0/s1. The summed E-state index contributed by atoms with van der Waals surface area (Å²) >= 11 is 5.42. The number of hydrogen-bond donors (Lipinski definition) is 0. The van der Waals surface area contributed by atoms with Crippen LogP contribution in [0.4, 0.5) is 4.79 Å². The largest absolute Gasteiger partial charge is 0.326 e. The first-order valence-electron chi connectivity index (χ1n) is 4.46. The molecule has 4 heteroatoms. The van der Waals surface area contributed by atoms with Crippen molar-refractivity contribution in [3.63, 3.8) is 0 Å². The van der Waals surface area contributed by atoms with Gasteiger partial charge in [-0.25, -0.2) is 0 Å². The Hall–Kier alpha value is -0.280. The van der Waals surface area contributed by atoms with Gasteiger partial charge in [-0.05, 0) is 31.0 Å². The number of piperazine rings is 1. The van der Waals surface area contributed by atoms with Crippen molar-refractivity contribution in [2.24, 2.45) is 0 Å². The van der Waals surface area contributed by atoms with Crippen LogP contribution in [0.1, 0.15) is 12.8 Å². The molecule has 0 bridgehead atoms. The fraction of sp³-hybridized carbons (Fsp3) is 0.875. The zero-order valence-corrected chi connectivity index (χ0v) is 7.76. The minimum Gasteiger partial charge on any atom is -0.326 e. The maximum absolute atomic E-state index is 10.9. The topological polar surface area (TPSA) is 23.6 Å². The minimum absolute atomic E-state index is 0.290. The van der Waals surface area contributed by atoms with E-state index < -0.39 is 0 Å². The quantitative estimate of drug-likeness (QED) is 0.420. The van der Waals surface area contributed by atoms with Crippen LogP contribution >= 0.6 is 11.6 Å². The second-order valence-electron chi connectivity index (χ2n) is 3.53. The van der Waals surface area contributed by atoms with Crippen LogP contribution in [0.25, 0.3) is 0 Å². The maximum Gasteiger partial charge on any atom is 0.316 e. The zero-order valence-electron chi connectivity index (χ0n) is 7.00. The molecule has 12 heavy (non-hydrogen) atoms. The molecule has 0 aromatic heterocycles. The van der Waals surface area contributed by atoms with Gasteiger partial charge in [-0.3, -0.25) is 9.69 Å². The molecule has 0 N–H and O–H groups in total. The molecule has 68 valence electrons. The summed E-state index contributed by atoms with van der Waals surface area (Å²) in [6, 6.07) is 0.585. The van der Waals surface area contributed by atoms with E-state index in [2.05, 4.69) is 4.90 Å². The van der Waals surface area contributed by atoms with E-state index in [1.807, 2.05) is 0 Å². The molecule has 1 amide bonds. The van der Waals surface area contributed by atoms with E-state index in [0.29, 0.717) is 6.04 Å². The van der Waals surface area contributed by atoms with Crippen LogP contribution in [-0.4, -0.2) is 47.4 Å². The number of fused-ring (bicyclic) bond motifs is 1. The molecule has 3 nitrogen and oxygen atoms in total. The molecular weight excluding hydrogens is 176 g/mol. The molecule has 2 rings (SSSR count). The molecule has 0 aromatic rings. The molecule has 1 atom stereocenters. The maximum atomic E-state index is 10.9. The van der Waals surface area contributed by atoms with Gasteiger partial charge in [-0.15, -0.1) is 0 Å². The Morgan fingerprint density at radius 2 is 2.17 bits per heavy atom. The lowest BCUT2D eigenvalue weighted by molar-refractivity contribution is 0.129. The van der Waals surface area contributed by atoms with Crippen LogP contribution in [0.15, 0.2) is 0 Å². The van der Waals surface area contributed by atoms with Crippen LogP contribution < -0.4 is 0 Å². The van der Waals surface area contributed by atoms with Crippen LogP contribution in [0.3, 0.4) is 0 Å². The first kappa shape index (κ1) is 8.32. The summed E-state index contributed by atoms with van der Waals surface area (Å²) in [4.78, 5) is 15.1. The lowest BCUT2D eigenvalue weighted by Gasteiger charge is -2.36. The van der Waals surface area contributed by atoms with Crippen molar-refractivity contribution in [1.29, 1.82) is 0 Å². The van der Waals surface area contributed by atoms with E-state index in [9.17, 15) is 4.79 Å². The summed E-state index contributed by atoms with van der Waals surface area (Å²) in [5.41, 5.74) is 0. The Labute approximate surface area is 77.3 Å². The highest BCUT2D eigenvalue weighted by molar-refractivity contribution is 6.62. The molecule has 0 saturated carbocycles. The number of nitrogens with zero attached hydrogens (tertiary/aromatic N) is 2. The lowest BCUT2D eigenvalue weighted by atomic mass is 10.2.